The lowest BCUT2D eigenvalue weighted by atomic mass is 9.78. The molecule has 0 aromatic heterocycles. The highest BCUT2D eigenvalue weighted by molar-refractivity contribution is 6.30. The molecule has 6 heteroatoms. The standard InChI is InChI=1S/C21H25ClO5/c1-21(2,3)27-19(23)12-25-15-8-9-16-18(10-15)26-11-17(20(16)24)13-4-6-14(22)7-5-13/h4-7,11,15-16,18H,8-10,12H2,1-3H3. The molecule has 0 spiro atoms. The average Bonchev–Trinajstić information content (AvgIpc) is 2.60. The van der Waals surface area contributed by atoms with E-state index >= 15 is 0 Å². The van der Waals surface area contributed by atoms with E-state index < -0.39 is 5.60 Å². The molecular formula is C21H25ClO5. The van der Waals surface area contributed by atoms with Crippen molar-refractivity contribution >= 4 is 28.9 Å². The summed E-state index contributed by atoms with van der Waals surface area (Å²) in [5.41, 5.74) is 0.868. The van der Waals surface area contributed by atoms with Gasteiger partial charge in [-0.25, -0.2) is 4.79 Å². The molecule has 146 valence electrons. The van der Waals surface area contributed by atoms with Crippen LogP contribution in [0.1, 0.15) is 45.6 Å². The van der Waals surface area contributed by atoms with Gasteiger partial charge in [0.2, 0.25) is 0 Å². The second-order valence-electron chi connectivity index (χ2n) is 8.02. The van der Waals surface area contributed by atoms with E-state index in [1.54, 1.807) is 18.4 Å². The number of Topliss-reactive ketones (excluding diaryl/α,β-unsaturated/α-hetero) is 1. The molecule has 1 aliphatic heterocycles. The molecule has 0 radical (unpaired) electrons. The van der Waals surface area contributed by atoms with Crippen molar-refractivity contribution < 1.29 is 23.8 Å². The molecule has 0 saturated heterocycles. The van der Waals surface area contributed by atoms with Crippen molar-refractivity contribution in [2.24, 2.45) is 5.92 Å². The van der Waals surface area contributed by atoms with Gasteiger partial charge in [0, 0.05) is 11.4 Å². The molecule has 1 aliphatic carbocycles. The molecule has 3 unspecified atom stereocenters. The van der Waals surface area contributed by atoms with E-state index in [0.29, 0.717) is 29.9 Å². The van der Waals surface area contributed by atoms with Gasteiger partial charge in [-0.3, -0.25) is 4.79 Å². The summed E-state index contributed by atoms with van der Waals surface area (Å²) in [6, 6.07) is 7.17. The molecule has 3 atom stereocenters. The van der Waals surface area contributed by atoms with E-state index in [4.69, 9.17) is 25.8 Å². The third kappa shape index (κ3) is 5.11. The Morgan fingerprint density at radius 1 is 1.22 bits per heavy atom. The summed E-state index contributed by atoms with van der Waals surface area (Å²) in [6.45, 7) is 5.38. The van der Waals surface area contributed by atoms with Crippen LogP contribution in [0, 0.1) is 5.92 Å². The Hall–Kier alpha value is -1.85. The maximum Gasteiger partial charge on any atom is 0.332 e. The number of hydrogen-bond donors (Lipinski definition) is 0. The second-order valence-corrected chi connectivity index (χ2v) is 8.45. The van der Waals surface area contributed by atoms with Gasteiger partial charge in [0.1, 0.15) is 18.3 Å². The van der Waals surface area contributed by atoms with Gasteiger partial charge >= 0.3 is 5.97 Å². The van der Waals surface area contributed by atoms with Crippen LogP contribution >= 0.6 is 11.6 Å². The van der Waals surface area contributed by atoms with Gasteiger partial charge in [-0.1, -0.05) is 23.7 Å². The summed E-state index contributed by atoms with van der Waals surface area (Å²) in [7, 11) is 0. The Balaban J connectivity index is 1.58. The first-order chi connectivity index (χ1) is 12.7. The number of benzene rings is 1. The highest BCUT2D eigenvalue weighted by Gasteiger charge is 2.40. The van der Waals surface area contributed by atoms with Gasteiger partial charge in [-0.05, 0) is 51.3 Å². The molecule has 5 nitrogen and oxygen atoms in total. The Bertz CT molecular complexity index is 732. The number of carbonyl (C=O) groups is 2. The fourth-order valence-corrected chi connectivity index (χ4v) is 3.63. The highest BCUT2D eigenvalue weighted by atomic mass is 35.5. The zero-order chi connectivity index (χ0) is 19.6. The summed E-state index contributed by atoms with van der Waals surface area (Å²) in [5, 5.41) is 0.629. The first kappa shape index (κ1) is 19.9. The number of allylic oxidation sites excluding steroid dienone is 1. The first-order valence-electron chi connectivity index (χ1n) is 9.22. The predicted molar refractivity (Wildman–Crippen MR) is 102 cm³/mol. The van der Waals surface area contributed by atoms with Gasteiger partial charge in [0.25, 0.3) is 0 Å². The molecule has 2 aliphatic rings. The SMILES string of the molecule is CC(C)(C)OC(=O)COC1CCC2C(=O)C(c3ccc(Cl)cc3)=COC2C1. The molecule has 1 aromatic carbocycles. The van der Waals surface area contributed by atoms with E-state index in [9.17, 15) is 9.59 Å². The first-order valence-corrected chi connectivity index (χ1v) is 9.60. The second kappa shape index (κ2) is 8.03. The van der Waals surface area contributed by atoms with Crippen molar-refractivity contribution in [2.45, 2.75) is 57.8 Å². The number of rotatable bonds is 4. The Kier molecular flexibility index (Phi) is 5.92. The largest absolute Gasteiger partial charge is 0.496 e. The van der Waals surface area contributed by atoms with Gasteiger partial charge < -0.3 is 14.2 Å². The minimum Gasteiger partial charge on any atom is -0.496 e. The number of halogens is 1. The molecule has 27 heavy (non-hydrogen) atoms. The summed E-state index contributed by atoms with van der Waals surface area (Å²) in [4.78, 5) is 24.7. The molecule has 1 saturated carbocycles. The van der Waals surface area contributed by atoms with Crippen LogP contribution in [-0.4, -0.2) is 36.2 Å². The van der Waals surface area contributed by atoms with Crippen LogP contribution in [0.4, 0.5) is 0 Å². The maximum atomic E-state index is 12.9. The molecule has 3 rings (SSSR count). The van der Waals surface area contributed by atoms with Crippen molar-refractivity contribution in [3.63, 3.8) is 0 Å². The Morgan fingerprint density at radius 3 is 2.59 bits per heavy atom. The lowest BCUT2D eigenvalue weighted by molar-refractivity contribution is -0.164. The average molecular weight is 393 g/mol. The highest BCUT2D eigenvalue weighted by Crippen LogP contribution is 2.37. The third-order valence-electron chi connectivity index (χ3n) is 4.72. The minimum atomic E-state index is -0.528. The molecule has 1 aromatic rings. The van der Waals surface area contributed by atoms with Crippen LogP contribution in [-0.2, 0) is 23.8 Å². The fourth-order valence-electron chi connectivity index (χ4n) is 3.50. The van der Waals surface area contributed by atoms with Crippen molar-refractivity contribution in [3.05, 3.63) is 41.1 Å². The Labute approximate surface area is 164 Å². The topological polar surface area (TPSA) is 61.8 Å². The molecule has 1 fully saturated rings. The quantitative estimate of drug-likeness (QED) is 0.719. The minimum absolute atomic E-state index is 0.0842. The van der Waals surface area contributed by atoms with Gasteiger partial charge in [0.05, 0.1) is 23.9 Å². The van der Waals surface area contributed by atoms with E-state index in [1.165, 1.54) is 0 Å². The van der Waals surface area contributed by atoms with Gasteiger partial charge in [0.15, 0.2) is 5.78 Å². The zero-order valence-corrected chi connectivity index (χ0v) is 16.6. The summed E-state index contributed by atoms with van der Waals surface area (Å²) in [5.74, 6) is -0.462. The fraction of sp³-hybridized carbons (Fsp3) is 0.524. The molecular weight excluding hydrogens is 368 g/mol. The molecule has 0 bridgehead atoms. The van der Waals surface area contributed by atoms with Crippen LogP contribution in [0.2, 0.25) is 5.02 Å². The van der Waals surface area contributed by atoms with Gasteiger partial charge in [-0.15, -0.1) is 0 Å². The number of carbonyl (C=O) groups excluding carboxylic acids is 2. The molecule has 0 amide bonds. The van der Waals surface area contributed by atoms with Crippen molar-refractivity contribution in [3.8, 4) is 0 Å². The van der Waals surface area contributed by atoms with Crippen LogP contribution in [0.25, 0.3) is 5.57 Å². The number of fused-ring (bicyclic) bond motifs is 1. The zero-order valence-electron chi connectivity index (χ0n) is 15.9. The van der Waals surface area contributed by atoms with Crippen molar-refractivity contribution in [2.75, 3.05) is 6.61 Å². The van der Waals surface area contributed by atoms with Crippen LogP contribution in [0.5, 0.6) is 0 Å². The Morgan fingerprint density at radius 2 is 1.93 bits per heavy atom. The van der Waals surface area contributed by atoms with Crippen LogP contribution in [0.3, 0.4) is 0 Å². The van der Waals surface area contributed by atoms with Crippen molar-refractivity contribution in [1.82, 2.24) is 0 Å². The van der Waals surface area contributed by atoms with E-state index in [1.807, 2.05) is 32.9 Å². The maximum absolute atomic E-state index is 12.9. The van der Waals surface area contributed by atoms with E-state index in [2.05, 4.69) is 0 Å². The van der Waals surface area contributed by atoms with E-state index in [-0.39, 0.29) is 36.5 Å². The monoisotopic (exact) mass is 392 g/mol. The lowest BCUT2D eigenvalue weighted by Gasteiger charge is -2.37. The number of hydrogen-bond acceptors (Lipinski definition) is 5. The predicted octanol–water partition coefficient (Wildman–Crippen LogP) is 4.18. The summed E-state index contributed by atoms with van der Waals surface area (Å²) >= 11 is 5.92. The number of esters is 1. The smallest absolute Gasteiger partial charge is 0.332 e. The van der Waals surface area contributed by atoms with E-state index in [0.717, 1.165) is 5.56 Å². The molecule has 1 heterocycles. The van der Waals surface area contributed by atoms with Crippen LogP contribution in [0.15, 0.2) is 30.5 Å². The number of ketones is 1. The summed E-state index contributed by atoms with van der Waals surface area (Å²) < 4.78 is 16.8. The normalized spacial score (nSPS) is 25.3. The van der Waals surface area contributed by atoms with Crippen molar-refractivity contribution in [1.29, 1.82) is 0 Å². The van der Waals surface area contributed by atoms with Crippen LogP contribution < -0.4 is 0 Å². The molecule has 0 N–H and O–H groups in total. The number of ether oxygens (including phenoxy) is 3. The summed E-state index contributed by atoms with van der Waals surface area (Å²) in [6.07, 6.45) is 3.19. The third-order valence-corrected chi connectivity index (χ3v) is 4.97. The van der Waals surface area contributed by atoms with Gasteiger partial charge in [-0.2, -0.15) is 0 Å². The lowest BCUT2D eigenvalue weighted by Crippen LogP contribution is -2.42.